The molecule has 0 radical (unpaired) electrons. The van der Waals surface area contributed by atoms with Crippen molar-refractivity contribution in [3.05, 3.63) is 47.5 Å². The Balaban J connectivity index is 2.16. The van der Waals surface area contributed by atoms with Gasteiger partial charge < -0.3 is 10.2 Å². The summed E-state index contributed by atoms with van der Waals surface area (Å²) in [4.78, 5) is 12.3. The van der Waals surface area contributed by atoms with Gasteiger partial charge in [0.05, 0.1) is 0 Å². The lowest BCUT2D eigenvalue weighted by Crippen LogP contribution is -2.14. The summed E-state index contributed by atoms with van der Waals surface area (Å²) in [7, 11) is 0. The molecule has 1 heterocycles. The summed E-state index contributed by atoms with van der Waals surface area (Å²) in [5.41, 5.74) is 3.20. The van der Waals surface area contributed by atoms with E-state index in [1.807, 2.05) is 51.1 Å². The monoisotopic (exact) mass is 339 g/mol. The number of carboxylic acid groups (broad SMARTS) is 1. The Kier molecular flexibility index (Phi) is 4.20. The fourth-order valence-electron chi connectivity index (χ4n) is 2.76. The number of aryl methyl sites for hydroxylation is 1. The molecule has 6 heteroatoms. The van der Waals surface area contributed by atoms with Gasteiger partial charge in [-0.1, -0.05) is 39.0 Å². The van der Waals surface area contributed by atoms with Crippen molar-refractivity contribution in [2.75, 3.05) is 0 Å². The van der Waals surface area contributed by atoms with E-state index < -0.39 is 5.97 Å². The van der Waals surface area contributed by atoms with Gasteiger partial charge in [0.2, 0.25) is 0 Å². The first-order chi connectivity index (χ1) is 11.8. The third kappa shape index (κ3) is 3.47. The summed E-state index contributed by atoms with van der Waals surface area (Å²) in [6.45, 7) is 6.00. The average Bonchev–Trinajstić information content (AvgIpc) is 2.96. The fraction of sp³-hybridized carbons (Fsp3) is 0.316. The molecule has 3 rings (SSSR count). The molecule has 0 aliphatic rings. The molecule has 0 spiro atoms. The maximum absolute atomic E-state index is 10.9. The number of rotatable bonds is 4. The summed E-state index contributed by atoms with van der Waals surface area (Å²) in [5.74, 6) is -0.734. The number of benzene rings is 2. The van der Waals surface area contributed by atoms with Crippen LogP contribution in [0.2, 0.25) is 0 Å². The molecule has 0 aliphatic carbocycles. The van der Waals surface area contributed by atoms with Gasteiger partial charge in [0, 0.05) is 12.0 Å². The lowest BCUT2D eigenvalue weighted by molar-refractivity contribution is -0.136. The number of carbonyl (C=O) groups is 1. The highest BCUT2D eigenvalue weighted by Crippen LogP contribution is 2.36. The molecule has 0 amide bonds. The number of hydrogen-bond acceptors (Lipinski definition) is 4. The Morgan fingerprint density at radius 3 is 2.24 bits per heavy atom. The van der Waals surface area contributed by atoms with Crippen molar-refractivity contribution in [2.24, 2.45) is 0 Å². The standard InChI is InChI=1S/C19H21N3O3/c1-19(2,3)13-10-12(8-9-17(23)24)11-16(18(13)25)22-20-14-6-4-5-7-15(14)21-22/h4-7,10-11,25H,8-9H2,1-3H3,(H,23,24). The molecule has 6 nitrogen and oxygen atoms in total. The zero-order chi connectivity index (χ0) is 18.2. The number of aromatic nitrogens is 3. The smallest absolute Gasteiger partial charge is 0.303 e. The molecular formula is C19H21N3O3. The quantitative estimate of drug-likeness (QED) is 0.760. The number of aliphatic carboxylic acids is 1. The Hall–Kier alpha value is -2.89. The Morgan fingerprint density at radius 2 is 1.72 bits per heavy atom. The second kappa shape index (κ2) is 6.20. The summed E-state index contributed by atoms with van der Waals surface area (Å²) in [6.07, 6.45) is 0.411. The van der Waals surface area contributed by atoms with E-state index >= 15 is 0 Å². The predicted octanol–water partition coefficient (Wildman–Crippen LogP) is 3.44. The Morgan fingerprint density at radius 1 is 1.12 bits per heavy atom. The van der Waals surface area contributed by atoms with Crippen molar-refractivity contribution >= 4 is 17.0 Å². The Bertz CT molecular complexity index is 906. The van der Waals surface area contributed by atoms with E-state index in [1.165, 1.54) is 4.80 Å². The van der Waals surface area contributed by atoms with E-state index in [0.717, 1.165) is 22.2 Å². The third-order valence-electron chi connectivity index (χ3n) is 4.09. The molecule has 0 bridgehead atoms. The number of phenolic OH excluding ortho intramolecular Hbond substituents is 1. The molecule has 2 N–H and O–H groups in total. The van der Waals surface area contributed by atoms with Crippen LogP contribution in [-0.4, -0.2) is 31.2 Å². The molecule has 25 heavy (non-hydrogen) atoms. The number of hydrogen-bond donors (Lipinski definition) is 2. The first-order valence-corrected chi connectivity index (χ1v) is 8.16. The summed E-state index contributed by atoms with van der Waals surface area (Å²) in [6, 6.07) is 11.1. The van der Waals surface area contributed by atoms with Gasteiger partial charge in [0.25, 0.3) is 0 Å². The highest BCUT2D eigenvalue weighted by molar-refractivity contribution is 5.74. The maximum Gasteiger partial charge on any atom is 0.303 e. The van der Waals surface area contributed by atoms with Crippen LogP contribution in [0.4, 0.5) is 0 Å². The number of phenols is 1. The number of fused-ring (bicyclic) bond motifs is 1. The second-order valence-corrected chi connectivity index (χ2v) is 7.13. The minimum atomic E-state index is -0.852. The van der Waals surface area contributed by atoms with Crippen molar-refractivity contribution in [3.63, 3.8) is 0 Å². The zero-order valence-electron chi connectivity index (χ0n) is 14.5. The van der Waals surface area contributed by atoms with Crippen LogP contribution in [0.25, 0.3) is 16.7 Å². The molecule has 0 unspecified atom stereocenters. The van der Waals surface area contributed by atoms with Crippen molar-refractivity contribution < 1.29 is 15.0 Å². The molecule has 2 aromatic carbocycles. The summed E-state index contributed by atoms with van der Waals surface area (Å²) < 4.78 is 0. The molecule has 0 atom stereocenters. The minimum absolute atomic E-state index is 0.0301. The van der Waals surface area contributed by atoms with Crippen LogP contribution in [0.5, 0.6) is 5.75 Å². The van der Waals surface area contributed by atoms with Gasteiger partial charge in [0.1, 0.15) is 22.5 Å². The second-order valence-electron chi connectivity index (χ2n) is 7.13. The normalized spacial score (nSPS) is 11.8. The minimum Gasteiger partial charge on any atom is -0.505 e. The lowest BCUT2D eigenvalue weighted by Gasteiger charge is -2.23. The predicted molar refractivity (Wildman–Crippen MR) is 95.2 cm³/mol. The van der Waals surface area contributed by atoms with Crippen molar-refractivity contribution in [1.82, 2.24) is 15.0 Å². The van der Waals surface area contributed by atoms with E-state index in [4.69, 9.17) is 5.11 Å². The molecule has 0 saturated heterocycles. The molecule has 1 aromatic heterocycles. The van der Waals surface area contributed by atoms with E-state index in [0.29, 0.717) is 12.1 Å². The van der Waals surface area contributed by atoms with Crippen LogP contribution in [0, 0.1) is 0 Å². The molecule has 0 fully saturated rings. The average molecular weight is 339 g/mol. The molecule has 3 aromatic rings. The van der Waals surface area contributed by atoms with E-state index in [9.17, 15) is 9.90 Å². The number of aromatic hydroxyl groups is 1. The highest BCUT2D eigenvalue weighted by atomic mass is 16.4. The molecule has 130 valence electrons. The summed E-state index contributed by atoms with van der Waals surface area (Å²) >= 11 is 0. The van der Waals surface area contributed by atoms with Crippen molar-refractivity contribution in [3.8, 4) is 11.4 Å². The SMILES string of the molecule is CC(C)(C)c1cc(CCC(=O)O)cc(-n2nc3ccccc3n2)c1O. The van der Waals surface area contributed by atoms with Crippen LogP contribution < -0.4 is 0 Å². The summed E-state index contributed by atoms with van der Waals surface area (Å²) in [5, 5.41) is 28.6. The van der Waals surface area contributed by atoms with Crippen molar-refractivity contribution in [1.29, 1.82) is 0 Å². The fourth-order valence-corrected chi connectivity index (χ4v) is 2.76. The van der Waals surface area contributed by atoms with Gasteiger partial charge in [-0.15, -0.1) is 15.0 Å². The van der Waals surface area contributed by atoms with Crippen LogP contribution in [0.3, 0.4) is 0 Å². The highest BCUT2D eigenvalue weighted by Gasteiger charge is 2.23. The van der Waals surface area contributed by atoms with Gasteiger partial charge in [-0.05, 0) is 35.6 Å². The molecular weight excluding hydrogens is 318 g/mol. The van der Waals surface area contributed by atoms with Crippen LogP contribution in [0.15, 0.2) is 36.4 Å². The Labute approximate surface area is 145 Å². The lowest BCUT2D eigenvalue weighted by atomic mass is 9.84. The van der Waals surface area contributed by atoms with Gasteiger partial charge in [-0.2, -0.15) is 0 Å². The van der Waals surface area contributed by atoms with Crippen molar-refractivity contribution in [2.45, 2.75) is 39.0 Å². The molecule has 0 saturated carbocycles. The first kappa shape index (κ1) is 17.0. The number of nitrogens with zero attached hydrogens (tertiary/aromatic N) is 3. The zero-order valence-corrected chi connectivity index (χ0v) is 14.5. The largest absolute Gasteiger partial charge is 0.505 e. The van der Waals surface area contributed by atoms with Gasteiger partial charge in [0.15, 0.2) is 0 Å². The van der Waals surface area contributed by atoms with Gasteiger partial charge >= 0.3 is 5.97 Å². The van der Waals surface area contributed by atoms with Gasteiger partial charge in [-0.25, -0.2) is 0 Å². The first-order valence-electron chi connectivity index (χ1n) is 8.16. The third-order valence-corrected chi connectivity index (χ3v) is 4.09. The maximum atomic E-state index is 10.9. The topological polar surface area (TPSA) is 88.2 Å². The van der Waals surface area contributed by atoms with E-state index in [-0.39, 0.29) is 17.6 Å². The van der Waals surface area contributed by atoms with Gasteiger partial charge in [-0.3, -0.25) is 4.79 Å². The van der Waals surface area contributed by atoms with Crippen LogP contribution in [0.1, 0.15) is 38.3 Å². The van der Waals surface area contributed by atoms with Crippen LogP contribution >= 0.6 is 0 Å². The molecule has 0 aliphatic heterocycles. The van der Waals surface area contributed by atoms with E-state index in [1.54, 1.807) is 6.07 Å². The van der Waals surface area contributed by atoms with E-state index in [2.05, 4.69) is 10.2 Å². The number of carboxylic acids is 1. The van der Waals surface area contributed by atoms with Crippen LogP contribution in [-0.2, 0) is 16.6 Å².